The van der Waals surface area contributed by atoms with Gasteiger partial charge in [0, 0.05) is 36.4 Å². The van der Waals surface area contributed by atoms with Crippen LogP contribution in [-0.2, 0) is 32.2 Å². The average Bonchev–Trinajstić information content (AvgIpc) is 2.95. The number of hydrogen-bond donors (Lipinski definition) is 3. The van der Waals surface area contributed by atoms with Crippen LogP contribution in [-0.4, -0.2) is 38.9 Å². The number of pyridine rings is 1. The standard InChI is InChI=1S/C29H32N2O6S/c1-19-24(18-38-26-4-2-3-15-30-26)36-29(37-28(19)22-9-7-21(17-32)8-10-22)23-11-5-20(6-12-23)16-31-25(33)13-14-27(34)35/h2-12,15,19,24,28-29,32H,13-14,16-18H2,1H3,(H,31,33)(H,34,35)/t19-,24+,28+,29+/m1/s1. The first-order valence-corrected chi connectivity index (χ1v) is 13.5. The Bertz CT molecular complexity index is 1190. The quantitative estimate of drug-likeness (QED) is 0.304. The lowest BCUT2D eigenvalue weighted by Gasteiger charge is -2.41. The van der Waals surface area contributed by atoms with Crippen molar-refractivity contribution in [2.24, 2.45) is 5.92 Å². The van der Waals surface area contributed by atoms with Crippen LogP contribution in [0.2, 0.25) is 0 Å². The molecule has 0 aliphatic carbocycles. The van der Waals surface area contributed by atoms with E-state index in [9.17, 15) is 14.7 Å². The fourth-order valence-electron chi connectivity index (χ4n) is 4.21. The molecule has 8 nitrogen and oxygen atoms in total. The van der Waals surface area contributed by atoms with Gasteiger partial charge in [0.05, 0.1) is 30.3 Å². The van der Waals surface area contributed by atoms with Gasteiger partial charge in [0.1, 0.15) is 0 Å². The van der Waals surface area contributed by atoms with Gasteiger partial charge in [0.15, 0.2) is 6.29 Å². The molecule has 4 rings (SSSR count). The van der Waals surface area contributed by atoms with Gasteiger partial charge in [-0.1, -0.05) is 61.5 Å². The van der Waals surface area contributed by atoms with Gasteiger partial charge in [0.25, 0.3) is 0 Å². The van der Waals surface area contributed by atoms with E-state index in [0.717, 1.165) is 27.3 Å². The molecule has 2 heterocycles. The number of amides is 1. The Hall–Kier alpha value is -3.24. The molecule has 1 fully saturated rings. The van der Waals surface area contributed by atoms with Crippen LogP contribution in [0.15, 0.2) is 78.0 Å². The van der Waals surface area contributed by atoms with Crippen molar-refractivity contribution < 1.29 is 29.3 Å². The second-order valence-corrected chi connectivity index (χ2v) is 10.3. The molecule has 0 radical (unpaired) electrons. The van der Waals surface area contributed by atoms with Crippen molar-refractivity contribution in [3.63, 3.8) is 0 Å². The zero-order valence-electron chi connectivity index (χ0n) is 21.2. The summed E-state index contributed by atoms with van der Waals surface area (Å²) < 4.78 is 12.9. The van der Waals surface area contributed by atoms with Gasteiger partial charge in [-0.25, -0.2) is 4.98 Å². The van der Waals surface area contributed by atoms with Gasteiger partial charge in [-0.05, 0) is 28.8 Å². The fraction of sp³-hybridized carbons (Fsp3) is 0.345. The number of nitrogens with zero attached hydrogens (tertiary/aromatic N) is 1. The molecule has 0 saturated carbocycles. The zero-order valence-corrected chi connectivity index (χ0v) is 22.0. The van der Waals surface area contributed by atoms with Crippen LogP contribution in [0.25, 0.3) is 0 Å². The van der Waals surface area contributed by atoms with Crippen molar-refractivity contribution in [3.8, 4) is 0 Å². The van der Waals surface area contributed by atoms with Crippen LogP contribution < -0.4 is 5.32 Å². The average molecular weight is 537 g/mol. The Balaban J connectivity index is 1.47. The lowest BCUT2D eigenvalue weighted by Crippen LogP contribution is -2.38. The van der Waals surface area contributed by atoms with Crippen molar-refractivity contribution in [1.29, 1.82) is 0 Å². The molecule has 1 saturated heterocycles. The molecule has 2 aromatic carbocycles. The maximum atomic E-state index is 11.8. The molecule has 200 valence electrons. The number of nitrogens with one attached hydrogen (secondary N) is 1. The minimum Gasteiger partial charge on any atom is -0.481 e. The molecule has 1 aromatic heterocycles. The summed E-state index contributed by atoms with van der Waals surface area (Å²) in [6.07, 6.45) is 0.654. The number of ether oxygens (including phenoxy) is 2. The number of aliphatic carboxylic acids is 1. The van der Waals surface area contributed by atoms with Crippen molar-refractivity contribution in [2.75, 3.05) is 5.75 Å². The van der Waals surface area contributed by atoms with Crippen LogP contribution in [0.5, 0.6) is 0 Å². The Morgan fingerprint density at radius 3 is 2.32 bits per heavy atom. The van der Waals surface area contributed by atoms with Crippen LogP contribution in [0.4, 0.5) is 0 Å². The number of carbonyl (C=O) groups is 2. The molecule has 1 amide bonds. The van der Waals surface area contributed by atoms with E-state index in [1.165, 1.54) is 0 Å². The Kier molecular flexibility index (Phi) is 9.89. The molecule has 3 aromatic rings. The van der Waals surface area contributed by atoms with Gasteiger partial charge in [-0.15, -0.1) is 11.8 Å². The third-order valence-corrected chi connectivity index (χ3v) is 7.50. The molecular weight excluding hydrogens is 504 g/mol. The lowest BCUT2D eigenvalue weighted by atomic mass is 9.91. The van der Waals surface area contributed by atoms with E-state index in [4.69, 9.17) is 14.6 Å². The van der Waals surface area contributed by atoms with Gasteiger partial charge in [-0.2, -0.15) is 0 Å². The van der Waals surface area contributed by atoms with Crippen molar-refractivity contribution in [1.82, 2.24) is 10.3 Å². The Morgan fingerprint density at radius 1 is 0.947 bits per heavy atom. The van der Waals surface area contributed by atoms with Crippen LogP contribution in [0, 0.1) is 5.92 Å². The number of carboxylic acid groups (broad SMARTS) is 1. The predicted octanol–water partition coefficient (Wildman–Crippen LogP) is 4.64. The summed E-state index contributed by atoms with van der Waals surface area (Å²) >= 11 is 1.65. The van der Waals surface area contributed by atoms with Crippen molar-refractivity contribution in [3.05, 3.63) is 95.2 Å². The summed E-state index contributed by atoms with van der Waals surface area (Å²) in [6.45, 7) is 2.43. The summed E-state index contributed by atoms with van der Waals surface area (Å²) in [6, 6.07) is 21.3. The first-order valence-electron chi connectivity index (χ1n) is 12.5. The van der Waals surface area contributed by atoms with E-state index in [1.807, 2.05) is 66.7 Å². The summed E-state index contributed by atoms with van der Waals surface area (Å²) in [5.41, 5.74) is 3.62. The highest BCUT2D eigenvalue weighted by atomic mass is 32.2. The first kappa shape index (κ1) is 27.8. The molecule has 1 aliphatic rings. The number of carbonyl (C=O) groups excluding carboxylic acids is 1. The normalized spacial score (nSPS) is 21.1. The minimum absolute atomic E-state index is 0.0111. The number of aromatic nitrogens is 1. The zero-order chi connectivity index (χ0) is 26.9. The van der Waals surface area contributed by atoms with E-state index < -0.39 is 12.3 Å². The fourth-order valence-corrected chi connectivity index (χ4v) is 5.24. The number of aliphatic hydroxyl groups is 1. The van der Waals surface area contributed by atoms with Crippen molar-refractivity contribution >= 4 is 23.6 Å². The third kappa shape index (κ3) is 7.64. The SMILES string of the molecule is C[C@@H]1[C@H](CSc2ccccn2)O[C@H](c2ccc(CNC(=O)CCC(=O)O)cc2)O[C@@H]1c1ccc(CO)cc1. The number of hydrogen-bond acceptors (Lipinski definition) is 7. The molecule has 0 bridgehead atoms. The van der Waals surface area contributed by atoms with Crippen LogP contribution in [0.1, 0.15) is 54.4 Å². The molecule has 3 N–H and O–H groups in total. The highest BCUT2D eigenvalue weighted by molar-refractivity contribution is 7.99. The van der Waals surface area contributed by atoms with Gasteiger partial charge >= 0.3 is 5.97 Å². The molecule has 38 heavy (non-hydrogen) atoms. The highest BCUT2D eigenvalue weighted by Gasteiger charge is 2.38. The minimum atomic E-state index is -0.995. The Morgan fingerprint density at radius 2 is 1.66 bits per heavy atom. The van der Waals surface area contributed by atoms with E-state index in [2.05, 4.69) is 17.2 Å². The maximum absolute atomic E-state index is 11.8. The van der Waals surface area contributed by atoms with E-state index in [0.29, 0.717) is 12.3 Å². The summed E-state index contributed by atoms with van der Waals surface area (Å²) in [4.78, 5) is 26.9. The molecule has 1 aliphatic heterocycles. The molecule has 0 unspecified atom stereocenters. The number of aliphatic hydroxyl groups excluding tert-OH is 1. The largest absolute Gasteiger partial charge is 0.481 e. The Labute approximate surface area is 226 Å². The van der Waals surface area contributed by atoms with Crippen LogP contribution in [0.3, 0.4) is 0 Å². The highest BCUT2D eigenvalue weighted by Crippen LogP contribution is 2.42. The third-order valence-electron chi connectivity index (χ3n) is 6.46. The second kappa shape index (κ2) is 13.5. The van der Waals surface area contributed by atoms with E-state index >= 15 is 0 Å². The number of carboxylic acids is 1. The van der Waals surface area contributed by atoms with Crippen LogP contribution >= 0.6 is 11.8 Å². The monoisotopic (exact) mass is 536 g/mol. The van der Waals surface area contributed by atoms with Gasteiger partial charge in [-0.3, -0.25) is 9.59 Å². The second-order valence-electron chi connectivity index (χ2n) is 9.21. The van der Waals surface area contributed by atoms with Gasteiger partial charge < -0.3 is 25.0 Å². The summed E-state index contributed by atoms with van der Waals surface area (Å²) in [5.74, 6) is -0.509. The smallest absolute Gasteiger partial charge is 0.303 e. The van der Waals surface area contributed by atoms with Crippen molar-refractivity contribution in [2.45, 2.75) is 56.4 Å². The maximum Gasteiger partial charge on any atom is 0.303 e. The molecule has 4 atom stereocenters. The lowest BCUT2D eigenvalue weighted by molar-refractivity contribution is -0.268. The van der Waals surface area contributed by atoms with Gasteiger partial charge in [0.2, 0.25) is 5.91 Å². The molecule has 0 spiro atoms. The van der Waals surface area contributed by atoms with E-state index in [1.54, 1.807) is 18.0 Å². The summed E-state index contributed by atoms with van der Waals surface area (Å²) in [7, 11) is 0. The topological polar surface area (TPSA) is 118 Å². The molecular formula is C29H32N2O6S. The van der Waals surface area contributed by atoms with E-state index in [-0.39, 0.29) is 43.5 Å². The number of benzene rings is 2. The molecule has 9 heteroatoms. The number of thioether (sulfide) groups is 1. The summed E-state index contributed by atoms with van der Waals surface area (Å²) in [5, 5.41) is 21.8. The number of rotatable bonds is 11. The first-order chi connectivity index (χ1) is 18.4. The predicted molar refractivity (Wildman–Crippen MR) is 143 cm³/mol.